The molecule has 0 N–H and O–H groups in total. The summed E-state index contributed by atoms with van der Waals surface area (Å²) in [6.07, 6.45) is 23.6. The van der Waals surface area contributed by atoms with Gasteiger partial charge >= 0.3 is 0 Å². The number of aryl methyl sites for hydroxylation is 2. The first-order valence-corrected chi connectivity index (χ1v) is 27.3. The summed E-state index contributed by atoms with van der Waals surface area (Å²) in [5, 5.41) is 0. The van der Waals surface area contributed by atoms with Crippen LogP contribution in [0.1, 0.15) is 167 Å². The minimum Gasteiger partial charge on any atom is -0.372 e. The fourth-order valence-corrected chi connectivity index (χ4v) is 12.0. The molecule has 0 spiro atoms. The van der Waals surface area contributed by atoms with Crippen molar-refractivity contribution in [3.8, 4) is 44.5 Å². The van der Waals surface area contributed by atoms with Gasteiger partial charge in [0.2, 0.25) is 0 Å². The van der Waals surface area contributed by atoms with Gasteiger partial charge < -0.3 is 4.90 Å². The maximum atomic E-state index is 5.43. The second-order valence-electron chi connectivity index (χ2n) is 17.8. The van der Waals surface area contributed by atoms with Gasteiger partial charge in [-0.15, -0.1) is 22.7 Å². The van der Waals surface area contributed by atoms with Crippen LogP contribution in [0, 0.1) is 17.8 Å². The molecule has 7 rings (SSSR count). The molecule has 1 atom stereocenters. The normalized spacial score (nSPS) is 12.1. The van der Waals surface area contributed by atoms with Crippen molar-refractivity contribution in [3.05, 3.63) is 76.9 Å². The molecule has 0 fully saturated rings. The summed E-state index contributed by atoms with van der Waals surface area (Å²) in [6, 6.07) is 22.9. The molecule has 5 nitrogen and oxygen atoms in total. The van der Waals surface area contributed by atoms with Crippen LogP contribution in [0.3, 0.4) is 0 Å². The minimum atomic E-state index is 0.693. The van der Waals surface area contributed by atoms with Crippen molar-refractivity contribution in [1.29, 1.82) is 0 Å². The Hall–Kier alpha value is -4.16. The molecule has 0 aliphatic carbocycles. The zero-order chi connectivity index (χ0) is 44.7. The number of anilines is 1. The molecule has 0 aliphatic heterocycles. The molecule has 64 heavy (non-hydrogen) atoms. The number of benzene rings is 3. The summed E-state index contributed by atoms with van der Waals surface area (Å²) in [7, 11) is 0. The second-order valence-corrected chi connectivity index (χ2v) is 20.4. The summed E-state index contributed by atoms with van der Waals surface area (Å²) in [5.74, 6) is 7.72. The van der Waals surface area contributed by atoms with Crippen LogP contribution in [0.5, 0.6) is 0 Å². The zero-order valence-corrected chi connectivity index (χ0v) is 42.1. The average molecular weight is 910 g/mol. The van der Waals surface area contributed by atoms with E-state index in [0.717, 1.165) is 92.3 Å². The van der Waals surface area contributed by atoms with E-state index in [1.807, 2.05) is 11.3 Å². The molecule has 0 radical (unpaired) electrons. The van der Waals surface area contributed by atoms with Crippen LogP contribution in [0.15, 0.2) is 60.7 Å². The van der Waals surface area contributed by atoms with E-state index < -0.39 is 0 Å². The average Bonchev–Trinajstić information content (AvgIpc) is 4.07. The lowest BCUT2D eigenvalue weighted by Crippen LogP contribution is -2.25. The Kier molecular flexibility index (Phi) is 18.2. The van der Waals surface area contributed by atoms with Gasteiger partial charge in [-0.1, -0.05) is 173 Å². The summed E-state index contributed by atoms with van der Waals surface area (Å²) in [4.78, 5) is 15.8. The van der Waals surface area contributed by atoms with Crippen LogP contribution < -0.4 is 4.90 Å². The molecule has 338 valence electrons. The summed E-state index contributed by atoms with van der Waals surface area (Å²) >= 11 is 4.89. The third kappa shape index (κ3) is 11.8. The lowest BCUT2D eigenvalue weighted by molar-refractivity contribution is 0.462. The molecular weight excluding hydrogens is 839 g/mol. The summed E-state index contributed by atoms with van der Waals surface area (Å²) in [5.41, 5.74) is 12.7. The minimum absolute atomic E-state index is 0.693. The number of unbranched alkanes of at least 4 members (excludes halogenated alkanes) is 11. The van der Waals surface area contributed by atoms with Crippen molar-refractivity contribution in [2.24, 2.45) is 5.92 Å². The highest BCUT2D eigenvalue weighted by atomic mass is 32.1. The second kappa shape index (κ2) is 24.4. The molecule has 0 bridgehead atoms. The van der Waals surface area contributed by atoms with Gasteiger partial charge in [0.15, 0.2) is 0 Å². The Morgan fingerprint density at radius 3 is 1.66 bits per heavy atom. The zero-order valence-electron chi connectivity index (χ0n) is 39.7. The Labute approximate surface area is 396 Å². The van der Waals surface area contributed by atoms with Gasteiger partial charge in [-0.2, -0.15) is 8.75 Å². The van der Waals surface area contributed by atoms with Crippen molar-refractivity contribution < 1.29 is 0 Å². The lowest BCUT2D eigenvalue weighted by Gasteiger charge is -2.25. The van der Waals surface area contributed by atoms with E-state index in [4.69, 9.17) is 18.7 Å². The van der Waals surface area contributed by atoms with E-state index in [9.17, 15) is 0 Å². The fraction of sp³-hybridized carbons (Fsp3) is 0.500. The number of rotatable bonds is 25. The predicted molar refractivity (Wildman–Crippen MR) is 283 cm³/mol. The highest BCUT2D eigenvalue weighted by Crippen LogP contribution is 2.46. The van der Waals surface area contributed by atoms with E-state index in [-0.39, 0.29) is 0 Å². The van der Waals surface area contributed by atoms with Crippen LogP contribution in [0.25, 0.3) is 64.2 Å². The summed E-state index contributed by atoms with van der Waals surface area (Å²) in [6.45, 7) is 15.8. The van der Waals surface area contributed by atoms with Gasteiger partial charge in [-0.25, -0.2) is 9.97 Å². The monoisotopic (exact) mass is 909 g/mol. The molecule has 0 aliphatic rings. The van der Waals surface area contributed by atoms with Crippen LogP contribution in [-0.2, 0) is 12.8 Å². The van der Waals surface area contributed by atoms with Crippen LogP contribution in [0.4, 0.5) is 5.69 Å². The van der Waals surface area contributed by atoms with Gasteiger partial charge in [-0.3, -0.25) is 0 Å². The first-order chi connectivity index (χ1) is 31.5. The maximum absolute atomic E-state index is 5.43. The van der Waals surface area contributed by atoms with E-state index in [1.165, 1.54) is 141 Å². The Bertz CT molecular complexity index is 2540. The van der Waals surface area contributed by atoms with Gasteiger partial charge in [0.05, 0.1) is 33.5 Å². The number of hydrogen-bond acceptors (Lipinski definition) is 8. The third-order valence-corrected chi connectivity index (χ3v) is 15.8. The van der Waals surface area contributed by atoms with Crippen LogP contribution in [-0.4, -0.2) is 31.8 Å². The standard InChI is InChI=1S/C56H71N5S3/c1-7-13-16-18-20-22-36-61(37-23-21-19-17-14-8-2)44-34-32-42(33-35-44)41-28-30-43(31-29-41)51-53-54(58-47(12-6)46(11-5)57-53)52(56-55(51)59-64-60-56)50-39-49-48(63-50)38-45(62-49)27-24-26-40(10-4)25-15-9-3/h28-35,38-40H,7-23,25-26,36-37H2,1-6H3. The van der Waals surface area contributed by atoms with E-state index in [1.54, 1.807) is 11.3 Å². The molecular formula is C56H71N5S3. The fourth-order valence-electron chi connectivity index (χ4n) is 9.14. The molecule has 0 saturated carbocycles. The van der Waals surface area contributed by atoms with Crippen molar-refractivity contribution in [3.63, 3.8) is 0 Å². The Balaban J connectivity index is 1.16. The number of fused-ring (bicyclic) bond motifs is 3. The van der Waals surface area contributed by atoms with Crippen molar-refractivity contribution in [2.75, 3.05) is 18.0 Å². The van der Waals surface area contributed by atoms with Gasteiger partial charge in [0.25, 0.3) is 0 Å². The van der Waals surface area contributed by atoms with E-state index in [0.29, 0.717) is 5.92 Å². The number of hydrogen-bond donors (Lipinski definition) is 0. The first kappa shape index (κ1) is 47.8. The van der Waals surface area contributed by atoms with Crippen LogP contribution in [0.2, 0.25) is 0 Å². The van der Waals surface area contributed by atoms with Gasteiger partial charge in [-0.05, 0) is 79.0 Å². The summed E-state index contributed by atoms with van der Waals surface area (Å²) < 4.78 is 12.5. The molecule has 7 aromatic rings. The van der Waals surface area contributed by atoms with Gasteiger partial charge in [0, 0.05) is 50.6 Å². The van der Waals surface area contributed by atoms with E-state index >= 15 is 0 Å². The van der Waals surface area contributed by atoms with E-state index in [2.05, 4.69) is 119 Å². The lowest BCUT2D eigenvalue weighted by atomic mass is 9.95. The number of nitrogens with zero attached hydrogens (tertiary/aromatic N) is 5. The molecule has 3 aromatic carbocycles. The van der Waals surface area contributed by atoms with Crippen molar-refractivity contribution in [2.45, 2.75) is 164 Å². The van der Waals surface area contributed by atoms with Crippen molar-refractivity contribution >= 4 is 71.6 Å². The Morgan fingerprint density at radius 2 is 1.08 bits per heavy atom. The smallest absolute Gasteiger partial charge is 0.116 e. The molecule has 8 heteroatoms. The van der Waals surface area contributed by atoms with Gasteiger partial charge in [0.1, 0.15) is 16.6 Å². The van der Waals surface area contributed by atoms with Crippen molar-refractivity contribution in [1.82, 2.24) is 18.7 Å². The number of aromatic nitrogens is 4. The molecule has 0 amide bonds. The highest BCUT2D eigenvalue weighted by molar-refractivity contribution is 7.29. The SMILES string of the molecule is CCCCCCCCN(CCCCCCCC)c1ccc(-c2ccc(-c3c4nsnc4c(-c4cc5sc(C#CCC(CC)CCCC)cc5s4)c4nc(CC)c(CC)nc34)cc2)cc1. The quantitative estimate of drug-likeness (QED) is 0.0422. The molecule has 1 unspecified atom stereocenters. The molecule has 4 heterocycles. The molecule has 4 aromatic heterocycles. The first-order valence-electron chi connectivity index (χ1n) is 25.0. The van der Waals surface area contributed by atoms with Crippen LogP contribution >= 0.6 is 34.4 Å². The third-order valence-electron chi connectivity index (χ3n) is 13.1. The maximum Gasteiger partial charge on any atom is 0.116 e. The highest BCUT2D eigenvalue weighted by Gasteiger charge is 2.25. The molecule has 0 saturated heterocycles. The predicted octanol–water partition coefficient (Wildman–Crippen LogP) is 17.5. The largest absolute Gasteiger partial charge is 0.372 e. The topological polar surface area (TPSA) is 54.8 Å². The number of thiophene rings is 2. The Morgan fingerprint density at radius 1 is 0.547 bits per heavy atom.